The fourth-order valence-corrected chi connectivity index (χ4v) is 4.07. The summed E-state index contributed by atoms with van der Waals surface area (Å²) in [5, 5.41) is 11.9. The van der Waals surface area contributed by atoms with Gasteiger partial charge >= 0.3 is 6.18 Å². The molecule has 4 aromatic rings. The minimum atomic E-state index is -4.40. The number of benzene rings is 3. The SMILES string of the molecule is CC(C)(C)C(=O)/C=C(\O)C(C)(C)C.Cc1[c-]c(-c2nccc3ccc4c(C(F)(F)F)cccc4c23)cc(C)c1.[Ir]. The largest absolute Gasteiger partial charge is 0.512 e. The second-order valence-electron chi connectivity index (χ2n) is 11.9. The second-order valence-corrected chi connectivity index (χ2v) is 11.9. The van der Waals surface area contributed by atoms with Gasteiger partial charge in [0.1, 0.15) is 5.76 Å². The topological polar surface area (TPSA) is 50.2 Å². The molecule has 3 nitrogen and oxygen atoms in total. The third-order valence-electron chi connectivity index (χ3n) is 6.27. The predicted molar refractivity (Wildman–Crippen MR) is 153 cm³/mol. The fourth-order valence-electron chi connectivity index (χ4n) is 4.07. The van der Waals surface area contributed by atoms with Crippen LogP contribution in [0.1, 0.15) is 58.2 Å². The first-order valence-corrected chi connectivity index (χ1v) is 12.7. The van der Waals surface area contributed by atoms with Gasteiger partial charge in [0.25, 0.3) is 0 Å². The molecule has 3 aromatic carbocycles. The molecule has 0 bridgehead atoms. The van der Waals surface area contributed by atoms with Crippen molar-refractivity contribution in [3.05, 3.63) is 89.3 Å². The van der Waals surface area contributed by atoms with E-state index in [0.717, 1.165) is 33.5 Å². The van der Waals surface area contributed by atoms with E-state index in [-0.39, 0.29) is 42.4 Å². The summed E-state index contributed by atoms with van der Waals surface area (Å²) in [7, 11) is 0. The molecule has 7 heteroatoms. The third kappa shape index (κ3) is 7.80. The molecule has 1 heterocycles. The number of aromatic nitrogens is 1. The number of aliphatic hydroxyl groups excluding tert-OH is 1. The number of fused-ring (bicyclic) bond motifs is 3. The van der Waals surface area contributed by atoms with Gasteiger partial charge in [0, 0.05) is 43.2 Å². The van der Waals surface area contributed by atoms with Gasteiger partial charge in [-0.15, -0.1) is 34.9 Å². The van der Waals surface area contributed by atoms with Crippen molar-refractivity contribution in [3.8, 4) is 11.3 Å². The molecule has 0 unspecified atom stereocenters. The molecule has 0 aliphatic heterocycles. The zero-order valence-electron chi connectivity index (χ0n) is 24.0. The van der Waals surface area contributed by atoms with Crippen molar-refractivity contribution < 1.29 is 43.2 Å². The van der Waals surface area contributed by atoms with E-state index >= 15 is 0 Å². The average Bonchev–Trinajstić information content (AvgIpc) is 2.81. The molecular weight excluding hydrogens is 692 g/mol. The van der Waals surface area contributed by atoms with Crippen LogP contribution in [0.25, 0.3) is 32.8 Å². The first kappa shape index (κ1) is 33.2. The monoisotopic (exact) mass is 727 g/mol. The Labute approximate surface area is 247 Å². The number of aliphatic hydroxyl groups is 1. The van der Waals surface area contributed by atoms with Crippen LogP contribution in [0.4, 0.5) is 13.2 Å². The van der Waals surface area contributed by atoms with E-state index in [1.165, 1.54) is 18.2 Å². The molecule has 0 spiro atoms. The second kappa shape index (κ2) is 12.2. The number of carbonyl (C=O) groups is 1. The van der Waals surface area contributed by atoms with Crippen LogP contribution < -0.4 is 0 Å². The molecule has 40 heavy (non-hydrogen) atoms. The number of aryl methyl sites for hydroxylation is 2. The van der Waals surface area contributed by atoms with Crippen LogP contribution in [0.15, 0.2) is 66.6 Å². The molecule has 0 aliphatic rings. The van der Waals surface area contributed by atoms with Crippen LogP contribution in [-0.2, 0) is 31.1 Å². The van der Waals surface area contributed by atoms with Gasteiger partial charge in [0.05, 0.1) is 5.56 Å². The standard InChI is InChI=1S/C22H15F3N.C11H20O2.Ir/c1-13-10-14(2)12-16(11-13)21-20-15(8-9-26-21)6-7-17-18(20)4-3-5-19(17)22(23,24)25;1-10(2,3)8(12)7-9(13)11(4,5)6;/h3-11H,1-2H3;7,12H,1-6H3;/q-1;;/b;8-7-;. The number of pyridine rings is 1. The minimum Gasteiger partial charge on any atom is -0.512 e. The number of allylic oxidation sites excluding steroid dienone is 2. The Morgan fingerprint density at radius 2 is 1.55 bits per heavy atom. The van der Waals surface area contributed by atoms with Gasteiger partial charge in [-0.1, -0.05) is 79.7 Å². The van der Waals surface area contributed by atoms with E-state index in [1.54, 1.807) is 18.3 Å². The Kier molecular flexibility index (Phi) is 10.2. The molecule has 0 saturated carbocycles. The Morgan fingerprint density at radius 1 is 0.900 bits per heavy atom. The van der Waals surface area contributed by atoms with Crippen LogP contribution in [0.3, 0.4) is 0 Å². The molecule has 0 fully saturated rings. The number of hydrogen-bond acceptors (Lipinski definition) is 3. The molecule has 0 atom stereocenters. The molecule has 1 aromatic heterocycles. The van der Waals surface area contributed by atoms with Gasteiger partial charge in [-0.25, -0.2) is 0 Å². The van der Waals surface area contributed by atoms with Crippen LogP contribution in [-0.4, -0.2) is 15.9 Å². The number of ketones is 1. The Hall–Kier alpha value is -3.02. The van der Waals surface area contributed by atoms with E-state index in [2.05, 4.69) is 11.1 Å². The maximum Gasteiger partial charge on any atom is 0.417 e. The first-order chi connectivity index (χ1) is 17.9. The van der Waals surface area contributed by atoms with Crippen LogP contribution in [0.5, 0.6) is 0 Å². The normalized spacial score (nSPS) is 12.5. The quantitative estimate of drug-likeness (QED) is 0.0970. The number of halogens is 3. The summed E-state index contributed by atoms with van der Waals surface area (Å²) in [4.78, 5) is 16.0. The van der Waals surface area contributed by atoms with E-state index in [0.29, 0.717) is 11.1 Å². The zero-order chi connectivity index (χ0) is 29.3. The number of nitrogens with zero attached hydrogens (tertiary/aromatic N) is 1. The van der Waals surface area contributed by atoms with Gasteiger partial charge in [0.15, 0.2) is 5.78 Å². The number of hydrogen-bond donors (Lipinski definition) is 1. The summed E-state index contributed by atoms with van der Waals surface area (Å²) in [6, 6.07) is 16.6. The maximum absolute atomic E-state index is 13.4. The smallest absolute Gasteiger partial charge is 0.417 e. The predicted octanol–water partition coefficient (Wildman–Crippen LogP) is 9.58. The van der Waals surface area contributed by atoms with Crippen molar-refractivity contribution in [2.45, 2.75) is 61.6 Å². The molecule has 1 N–H and O–H groups in total. The van der Waals surface area contributed by atoms with E-state index in [4.69, 9.17) is 0 Å². The van der Waals surface area contributed by atoms with E-state index in [1.807, 2.05) is 73.6 Å². The third-order valence-corrected chi connectivity index (χ3v) is 6.27. The molecule has 0 saturated heterocycles. The molecule has 215 valence electrons. The number of rotatable bonds is 2. The zero-order valence-corrected chi connectivity index (χ0v) is 26.4. The maximum atomic E-state index is 13.4. The molecule has 0 amide bonds. The van der Waals surface area contributed by atoms with Crippen molar-refractivity contribution in [3.63, 3.8) is 0 Å². The minimum absolute atomic E-state index is 0. The molecule has 4 rings (SSSR count). The van der Waals surface area contributed by atoms with Gasteiger partial charge in [0.2, 0.25) is 0 Å². The van der Waals surface area contributed by atoms with Crippen LogP contribution >= 0.6 is 0 Å². The van der Waals surface area contributed by atoms with Gasteiger partial charge in [-0.3, -0.25) is 4.79 Å². The summed E-state index contributed by atoms with van der Waals surface area (Å²) in [6.07, 6.45) is -1.38. The number of carbonyl (C=O) groups excluding carboxylic acids is 1. The first-order valence-electron chi connectivity index (χ1n) is 12.7. The molecular formula is C33H35F3IrNO2-. The summed E-state index contributed by atoms with van der Waals surface area (Å²) in [6.45, 7) is 15.0. The Morgan fingerprint density at radius 3 is 2.10 bits per heavy atom. The van der Waals surface area contributed by atoms with E-state index < -0.39 is 17.2 Å². The van der Waals surface area contributed by atoms with Crippen molar-refractivity contribution in [2.24, 2.45) is 10.8 Å². The van der Waals surface area contributed by atoms with Crippen molar-refractivity contribution in [1.82, 2.24) is 4.98 Å². The fraction of sp³-hybridized carbons (Fsp3) is 0.333. The van der Waals surface area contributed by atoms with Gasteiger partial charge < -0.3 is 10.1 Å². The van der Waals surface area contributed by atoms with Gasteiger partial charge in [-0.2, -0.15) is 13.2 Å². The Bertz CT molecular complexity index is 1540. The molecule has 0 aliphatic carbocycles. The number of alkyl halides is 3. The van der Waals surface area contributed by atoms with Gasteiger partial charge in [-0.05, 0) is 39.4 Å². The molecule has 1 radical (unpaired) electrons. The van der Waals surface area contributed by atoms with Crippen LogP contribution in [0, 0.1) is 30.7 Å². The van der Waals surface area contributed by atoms with Crippen molar-refractivity contribution in [1.29, 1.82) is 0 Å². The summed E-state index contributed by atoms with van der Waals surface area (Å²) >= 11 is 0. The average molecular weight is 727 g/mol. The van der Waals surface area contributed by atoms with Crippen LogP contribution in [0.2, 0.25) is 0 Å². The van der Waals surface area contributed by atoms with Crippen molar-refractivity contribution >= 4 is 27.3 Å². The summed E-state index contributed by atoms with van der Waals surface area (Å²) < 4.78 is 40.3. The summed E-state index contributed by atoms with van der Waals surface area (Å²) in [5.74, 6) is 0.104. The van der Waals surface area contributed by atoms with Crippen molar-refractivity contribution in [2.75, 3.05) is 0 Å². The summed E-state index contributed by atoms with van der Waals surface area (Å²) in [5.41, 5.74) is 2.08. The van der Waals surface area contributed by atoms with E-state index in [9.17, 15) is 23.1 Å². The Balaban J connectivity index is 0.000000344.